The summed E-state index contributed by atoms with van der Waals surface area (Å²) in [5.41, 5.74) is 5.23. The molecule has 5 heterocycles. The maximum Gasteiger partial charge on any atom is 0.246 e. The van der Waals surface area contributed by atoms with Crippen molar-refractivity contribution < 1.29 is 19.1 Å². The predicted molar refractivity (Wildman–Crippen MR) is 192 cm³/mol. The highest BCUT2D eigenvalue weighted by atomic mass is 16.5. The van der Waals surface area contributed by atoms with Gasteiger partial charge < -0.3 is 19.9 Å². The third-order valence-corrected chi connectivity index (χ3v) is 10.1. The van der Waals surface area contributed by atoms with E-state index in [1.165, 1.54) is 12.8 Å². The van der Waals surface area contributed by atoms with Gasteiger partial charge in [0.1, 0.15) is 12.2 Å². The molecule has 3 aliphatic rings. The number of amides is 3. The first-order valence-corrected chi connectivity index (χ1v) is 17.3. The van der Waals surface area contributed by atoms with E-state index in [0.717, 1.165) is 39.1 Å². The van der Waals surface area contributed by atoms with Gasteiger partial charge in [-0.2, -0.15) is 5.10 Å². The Labute approximate surface area is 295 Å². The Bertz CT molecular complexity index is 2080. The van der Waals surface area contributed by atoms with Crippen molar-refractivity contribution in [2.75, 3.05) is 63.2 Å². The van der Waals surface area contributed by atoms with E-state index in [2.05, 4.69) is 36.5 Å². The standard InChI is InChI=1S/C38H39N9O4/c1-51-24-38(37(50)42-28-7-10-31-30(20-28)35(44-43-31)27-11-15-39-32(19-27)25-3-4-25)12-16-45(23-38)21-33(48)46-17-18-47(34(49)22-46)29-8-5-26(6-9-29)36-40-13-2-14-41-36/h2,5-11,13-15,19-20,25H,3-4,12,16-18,21-24H2,1H3,(H,42,50)(H,43,44)/t38-/m1/s1. The number of carbonyl (C=O) groups is 3. The van der Waals surface area contributed by atoms with Crippen molar-refractivity contribution in [2.24, 2.45) is 5.41 Å². The van der Waals surface area contributed by atoms with Gasteiger partial charge in [-0.05, 0) is 86.5 Å². The van der Waals surface area contributed by atoms with Gasteiger partial charge in [0.2, 0.25) is 17.7 Å². The molecule has 3 amide bonds. The van der Waals surface area contributed by atoms with Crippen LogP contribution in [-0.2, 0) is 19.1 Å². The summed E-state index contributed by atoms with van der Waals surface area (Å²) in [6, 6.07) is 19.1. The molecule has 8 rings (SSSR count). The summed E-state index contributed by atoms with van der Waals surface area (Å²) in [5, 5.41) is 11.7. The lowest BCUT2D eigenvalue weighted by Crippen LogP contribution is -2.54. The number of fused-ring (bicyclic) bond motifs is 1. The van der Waals surface area contributed by atoms with Gasteiger partial charge in [0.25, 0.3) is 0 Å². The van der Waals surface area contributed by atoms with Crippen LogP contribution < -0.4 is 10.2 Å². The number of H-pyrrole nitrogens is 1. The van der Waals surface area contributed by atoms with Crippen molar-refractivity contribution in [2.45, 2.75) is 25.2 Å². The summed E-state index contributed by atoms with van der Waals surface area (Å²) < 4.78 is 5.57. The molecular weight excluding hydrogens is 646 g/mol. The second-order valence-electron chi connectivity index (χ2n) is 13.7. The monoisotopic (exact) mass is 685 g/mol. The van der Waals surface area contributed by atoms with Crippen molar-refractivity contribution in [3.8, 4) is 22.6 Å². The first-order chi connectivity index (χ1) is 24.9. The molecule has 0 radical (unpaired) electrons. The number of rotatable bonds is 10. The maximum absolute atomic E-state index is 13.9. The van der Waals surface area contributed by atoms with E-state index >= 15 is 0 Å². The topological polar surface area (TPSA) is 150 Å². The summed E-state index contributed by atoms with van der Waals surface area (Å²) >= 11 is 0. The van der Waals surface area contributed by atoms with Gasteiger partial charge in [0.05, 0.1) is 24.1 Å². The summed E-state index contributed by atoms with van der Waals surface area (Å²) in [7, 11) is 1.59. The molecule has 2 aromatic carbocycles. The van der Waals surface area contributed by atoms with Crippen LogP contribution in [0, 0.1) is 5.41 Å². The first-order valence-electron chi connectivity index (χ1n) is 17.3. The Balaban J connectivity index is 0.894. The Hall–Kier alpha value is -5.53. The Morgan fingerprint density at radius 1 is 0.961 bits per heavy atom. The average molecular weight is 686 g/mol. The van der Waals surface area contributed by atoms with Crippen molar-refractivity contribution in [3.05, 3.63) is 84.9 Å². The third-order valence-electron chi connectivity index (χ3n) is 10.1. The van der Waals surface area contributed by atoms with Crippen LogP contribution in [0.15, 0.2) is 79.3 Å². The van der Waals surface area contributed by atoms with Crippen LogP contribution in [-0.4, -0.2) is 106 Å². The van der Waals surface area contributed by atoms with Crippen molar-refractivity contribution in [3.63, 3.8) is 0 Å². The number of nitrogens with zero attached hydrogens (tertiary/aromatic N) is 7. The molecule has 3 fully saturated rings. The van der Waals surface area contributed by atoms with E-state index in [-0.39, 0.29) is 37.4 Å². The quantitative estimate of drug-likeness (QED) is 0.222. The molecule has 260 valence electrons. The van der Waals surface area contributed by atoms with Crippen LogP contribution in [0.25, 0.3) is 33.5 Å². The summed E-state index contributed by atoms with van der Waals surface area (Å²) in [6.07, 6.45) is 8.09. The molecule has 0 unspecified atom stereocenters. The Kier molecular flexibility index (Phi) is 8.74. The van der Waals surface area contributed by atoms with Gasteiger partial charge in [-0.15, -0.1) is 0 Å². The van der Waals surface area contributed by atoms with Gasteiger partial charge in [-0.25, -0.2) is 9.97 Å². The number of carbonyl (C=O) groups excluding carboxylic acids is 3. The van der Waals surface area contributed by atoms with Gasteiger partial charge >= 0.3 is 0 Å². The first kappa shape index (κ1) is 32.7. The maximum atomic E-state index is 13.9. The number of pyridine rings is 1. The molecule has 1 aliphatic carbocycles. The number of anilines is 2. The number of aromatic nitrogens is 5. The number of methoxy groups -OCH3 is 1. The van der Waals surface area contributed by atoms with Crippen molar-refractivity contribution >= 4 is 40.0 Å². The number of aromatic amines is 1. The Morgan fingerprint density at radius 2 is 1.78 bits per heavy atom. The lowest BCUT2D eigenvalue weighted by molar-refractivity contribution is -0.138. The smallest absolute Gasteiger partial charge is 0.246 e. The van der Waals surface area contributed by atoms with Crippen LogP contribution in [0.2, 0.25) is 0 Å². The normalized spacial score (nSPS) is 19.5. The number of benzene rings is 2. The van der Waals surface area contributed by atoms with E-state index < -0.39 is 5.41 Å². The zero-order valence-corrected chi connectivity index (χ0v) is 28.4. The number of ether oxygens (including phenoxy) is 1. The van der Waals surface area contributed by atoms with E-state index in [1.807, 2.05) is 59.6 Å². The zero-order chi connectivity index (χ0) is 35.0. The SMILES string of the molecule is COC[C@@]1(C(=O)Nc2ccc3[nH]nc(-c4ccnc(C5CC5)c4)c3c2)CCN(CC(=O)N2CCN(c3ccc(-c4ncccn4)cc3)C(=O)C2)C1. The molecule has 0 spiro atoms. The molecule has 3 aromatic heterocycles. The van der Waals surface area contributed by atoms with Crippen LogP contribution in [0.4, 0.5) is 11.4 Å². The van der Waals surface area contributed by atoms with Crippen LogP contribution in [0.3, 0.4) is 0 Å². The fourth-order valence-electron chi connectivity index (χ4n) is 7.20. The van der Waals surface area contributed by atoms with Crippen LogP contribution in [0.5, 0.6) is 0 Å². The highest BCUT2D eigenvalue weighted by Crippen LogP contribution is 2.40. The van der Waals surface area contributed by atoms with Crippen LogP contribution in [0.1, 0.15) is 30.9 Å². The molecule has 13 nitrogen and oxygen atoms in total. The Morgan fingerprint density at radius 3 is 2.55 bits per heavy atom. The zero-order valence-electron chi connectivity index (χ0n) is 28.4. The number of hydrogen-bond acceptors (Lipinski definition) is 9. The summed E-state index contributed by atoms with van der Waals surface area (Å²) in [4.78, 5) is 58.9. The fourth-order valence-corrected chi connectivity index (χ4v) is 7.20. The second-order valence-corrected chi connectivity index (χ2v) is 13.7. The minimum absolute atomic E-state index is 0.000212. The highest BCUT2D eigenvalue weighted by Gasteiger charge is 2.45. The predicted octanol–water partition coefficient (Wildman–Crippen LogP) is 4.11. The minimum atomic E-state index is -0.834. The second kappa shape index (κ2) is 13.6. The fraction of sp³-hybridized carbons (Fsp3) is 0.342. The van der Waals surface area contributed by atoms with Gasteiger partial charge in [0.15, 0.2) is 5.82 Å². The molecule has 5 aromatic rings. The van der Waals surface area contributed by atoms with Gasteiger partial charge in [-0.3, -0.25) is 29.4 Å². The van der Waals surface area contributed by atoms with Crippen molar-refractivity contribution in [1.82, 2.24) is 34.9 Å². The molecular formula is C38H39N9O4. The van der Waals surface area contributed by atoms with Gasteiger partial charge in [0, 0.05) is 84.8 Å². The number of hydrogen-bond donors (Lipinski definition) is 2. The number of likely N-dealkylation sites (tertiary alicyclic amines) is 1. The lowest BCUT2D eigenvalue weighted by atomic mass is 9.87. The largest absolute Gasteiger partial charge is 0.384 e. The minimum Gasteiger partial charge on any atom is -0.384 e. The lowest BCUT2D eigenvalue weighted by Gasteiger charge is -2.35. The molecule has 1 saturated carbocycles. The molecule has 2 saturated heterocycles. The molecule has 2 aliphatic heterocycles. The molecule has 2 N–H and O–H groups in total. The van der Waals surface area contributed by atoms with E-state index in [1.54, 1.807) is 35.4 Å². The van der Waals surface area contributed by atoms with E-state index in [4.69, 9.17) is 4.74 Å². The molecule has 1 atom stereocenters. The van der Waals surface area contributed by atoms with Crippen molar-refractivity contribution in [1.29, 1.82) is 0 Å². The van der Waals surface area contributed by atoms with E-state index in [9.17, 15) is 14.4 Å². The molecule has 13 heteroatoms. The molecule has 0 bridgehead atoms. The molecule has 51 heavy (non-hydrogen) atoms. The average Bonchev–Trinajstić information content (AvgIpc) is 3.81. The number of nitrogens with one attached hydrogen (secondary N) is 2. The summed E-state index contributed by atoms with van der Waals surface area (Å²) in [5.74, 6) is 0.719. The summed E-state index contributed by atoms with van der Waals surface area (Å²) in [6.45, 7) is 2.08. The van der Waals surface area contributed by atoms with Crippen LogP contribution >= 0.6 is 0 Å². The third kappa shape index (κ3) is 6.69. The van der Waals surface area contributed by atoms with E-state index in [0.29, 0.717) is 50.0 Å². The number of piperazine rings is 1. The van der Waals surface area contributed by atoms with Gasteiger partial charge in [-0.1, -0.05) is 0 Å². The highest BCUT2D eigenvalue weighted by molar-refractivity contribution is 6.01.